The van der Waals surface area contributed by atoms with Crippen molar-refractivity contribution in [1.29, 1.82) is 0 Å². The van der Waals surface area contributed by atoms with E-state index < -0.39 is 0 Å². The summed E-state index contributed by atoms with van der Waals surface area (Å²) in [7, 11) is 0. The van der Waals surface area contributed by atoms with Crippen molar-refractivity contribution >= 4 is 15.9 Å². The van der Waals surface area contributed by atoms with E-state index in [1.165, 1.54) is 12.1 Å². The number of nitrogens with two attached hydrogens (primary N) is 1. The fourth-order valence-electron chi connectivity index (χ4n) is 2.36. The van der Waals surface area contributed by atoms with Crippen LogP contribution in [0.15, 0.2) is 46.9 Å². The molecule has 0 aromatic heterocycles. The van der Waals surface area contributed by atoms with Gasteiger partial charge in [-0.2, -0.15) is 0 Å². The third-order valence-corrected chi connectivity index (χ3v) is 3.85. The van der Waals surface area contributed by atoms with Gasteiger partial charge in [-0.25, -0.2) is 4.39 Å². The average molecular weight is 322 g/mol. The second kappa shape index (κ2) is 4.94. The molecular formula is C15H13BrFNO. The molecule has 1 aliphatic heterocycles. The van der Waals surface area contributed by atoms with Crippen LogP contribution >= 0.6 is 15.9 Å². The maximum atomic E-state index is 13.0. The molecule has 1 aliphatic rings. The molecule has 1 unspecified atom stereocenters. The second-order valence-electron chi connectivity index (χ2n) is 4.68. The molecule has 2 N–H and O–H groups in total. The van der Waals surface area contributed by atoms with Crippen LogP contribution < -0.4 is 10.5 Å². The zero-order chi connectivity index (χ0) is 13.4. The lowest BCUT2D eigenvalue weighted by molar-refractivity contribution is 0.161. The van der Waals surface area contributed by atoms with Crippen molar-refractivity contribution in [2.75, 3.05) is 0 Å². The van der Waals surface area contributed by atoms with Crippen molar-refractivity contribution in [3.8, 4) is 5.75 Å². The molecule has 19 heavy (non-hydrogen) atoms. The van der Waals surface area contributed by atoms with Crippen LogP contribution in [-0.2, 0) is 0 Å². The van der Waals surface area contributed by atoms with Gasteiger partial charge in [-0.1, -0.05) is 34.1 Å². The Balaban J connectivity index is 1.93. The summed E-state index contributed by atoms with van der Waals surface area (Å²) in [5.41, 5.74) is 8.15. The van der Waals surface area contributed by atoms with E-state index >= 15 is 0 Å². The van der Waals surface area contributed by atoms with Crippen LogP contribution in [0.1, 0.15) is 29.7 Å². The summed E-state index contributed by atoms with van der Waals surface area (Å²) >= 11 is 3.43. The molecular weight excluding hydrogens is 309 g/mol. The van der Waals surface area contributed by atoms with E-state index in [0.29, 0.717) is 6.42 Å². The summed E-state index contributed by atoms with van der Waals surface area (Å²) in [5, 5.41) is 0. The lowest BCUT2D eigenvalue weighted by Crippen LogP contribution is -2.24. The number of hydrogen-bond acceptors (Lipinski definition) is 2. The lowest BCUT2D eigenvalue weighted by atomic mass is 9.94. The molecule has 0 saturated carbocycles. The normalized spacial score (nSPS) is 21.6. The van der Waals surface area contributed by atoms with E-state index in [-0.39, 0.29) is 18.0 Å². The van der Waals surface area contributed by atoms with Gasteiger partial charge < -0.3 is 10.5 Å². The van der Waals surface area contributed by atoms with Crippen molar-refractivity contribution in [1.82, 2.24) is 0 Å². The van der Waals surface area contributed by atoms with Crippen LogP contribution in [0.4, 0.5) is 4.39 Å². The van der Waals surface area contributed by atoms with Crippen LogP contribution in [0.25, 0.3) is 0 Å². The molecule has 1 heterocycles. The second-order valence-corrected chi connectivity index (χ2v) is 5.60. The maximum absolute atomic E-state index is 13.0. The third kappa shape index (κ3) is 2.51. The first-order chi connectivity index (χ1) is 9.13. The standard InChI is InChI=1S/C15H13BrFNO/c16-10-3-6-12-13(18)8-14(19-15(12)7-10)9-1-4-11(17)5-2-9/h1-7,13-14H,8,18H2/t13-,14?/m1/s1. The van der Waals surface area contributed by atoms with Gasteiger partial charge in [-0.3, -0.25) is 0 Å². The predicted octanol–water partition coefficient (Wildman–Crippen LogP) is 4.11. The van der Waals surface area contributed by atoms with Crippen molar-refractivity contribution in [2.24, 2.45) is 5.73 Å². The minimum atomic E-state index is -0.244. The fraction of sp³-hybridized carbons (Fsp3) is 0.200. The molecule has 0 bridgehead atoms. The molecule has 4 heteroatoms. The molecule has 2 aromatic carbocycles. The third-order valence-electron chi connectivity index (χ3n) is 3.35. The van der Waals surface area contributed by atoms with Gasteiger partial charge in [-0.15, -0.1) is 0 Å². The zero-order valence-corrected chi connectivity index (χ0v) is 11.7. The van der Waals surface area contributed by atoms with Gasteiger partial charge in [0.1, 0.15) is 17.7 Å². The minimum Gasteiger partial charge on any atom is -0.485 e. The van der Waals surface area contributed by atoms with E-state index in [0.717, 1.165) is 21.3 Å². The van der Waals surface area contributed by atoms with Crippen molar-refractivity contribution in [3.63, 3.8) is 0 Å². The van der Waals surface area contributed by atoms with Crippen LogP contribution in [0.3, 0.4) is 0 Å². The molecule has 2 atom stereocenters. The summed E-state index contributed by atoms with van der Waals surface area (Å²) in [5.74, 6) is 0.550. The van der Waals surface area contributed by atoms with E-state index in [2.05, 4.69) is 15.9 Å². The number of ether oxygens (including phenoxy) is 1. The van der Waals surface area contributed by atoms with Gasteiger partial charge in [0.05, 0.1) is 0 Å². The molecule has 0 aliphatic carbocycles. The SMILES string of the molecule is N[C@@H]1CC(c2ccc(F)cc2)Oc2cc(Br)ccc21. The first kappa shape index (κ1) is 12.6. The van der Waals surface area contributed by atoms with E-state index in [9.17, 15) is 4.39 Å². The number of fused-ring (bicyclic) bond motifs is 1. The molecule has 3 rings (SSSR count). The molecule has 0 spiro atoms. The van der Waals surface area contributed by atoms with Crippen molar-refractivity contribution in [3.05, 3.63) is 63.9 Å². The Bertz CT molecular complexity index is 600. The molecule has 0 saturated heterocycles. The number of benzene rings is 2. The summed E-state index contributed by atoms with van der Waals surface area (Å²) in [6, 6.07) is 12.2. The van der Waals surface area contributed by atoms with Gasteiger partial charge in [-0.05, 0) is 29.8 Å². The molecule has 0 fully saturated rings. The quantitative estimate of drug-likeness (QED) is 0.857. The van der Waals surface area contributed by atoms with Crippen LogP contribution in [0, 0.1) is 5.82 Å². The maximum Gasteiger partial charge on any atom is 0.126 e. The highest BCUT2D eigenvalue weighted by molar-refractivity contribution is 9.10. The Kier molecular flexibility index (Phi) is 3.29. The molecule has 2 aromatic rings. The monoisotopic (exact) mass is 321 g/mol. The molecule has 98 valence electrons. The number of rotatable bonds is 1. The molecule has 0 amide bonds. The van der Waals surface area contributed by atoms with Gasteiger partial charge >= 0.3 is 0 Å². The summed E-state index contributed by atoms with van der Waals surface area (Å²) in [6.07, 6.45) is 0.567. The van der Waals surface area contributed by atoms with E-state index in [1.54, 1.807) is 12.1 Å². The summed E-state index contributed by atoms with van der Waals surface area (Å²) in [6.45, 7) is 0. The van der Waals surface area contributed by atoms with Crippen LogP contribution in [-0.4, -0.2) is 0 Å². The highest BCUT2D eigenvalue weighted by atomic mass is 79.9. The van der Waals surface area contributed by atoms with Crippen molar-refractivity contribution < 1.29 is 9.13 Å². The first-order valence-corrected chi connectivity index (χ1v) is 6.90. The lowest BCUT2D eigenvalue weighted by Gasteiger charge is -2.30. The zero-order valence-electron chi connectivity index (χ0n) is 10.1. The Labute approximate surface area is 119 Å². The number of hydrogen-bond donors (Lipinski definition) is 1. The van der Waals surface area contributed by atoms with E-state index in [1.807, 2.05) is 18.2 Å². The van der Waals surface area contributed by atoms with Crippen LogP contribution in [0.2, 0.25) is 0 Å². The Morgan fingerprint density at radius 3 is 2.63 bits per heavy atom. The molecule has 0 radical (unpaired) electrons. The highest BCUT2D eigenvalue weighted by Crippen LogP contribution is 2.40. The summed E-state index contributed by atoms with van der Waals surface area (Å²) < 4.78 is 19.9. The number of halogens is 2. The van der Waals surface area contributed by atoms with Gasteiger partial charge in [0.25, 0.3) is 0 Å². The Morgan fingerprint density at radius 1 is 1.16 bits per heavy atom. The van der Waals surface area contributed by atoms with Crippen LogP contribution in [0.5, 0.6) is 5.75 Å². The predicted molar refractivity (Wildman–Crippen MR) is 75.5 cm³/mol. The topological polar surface area (TPSA) is 35.2 Å². The van der Waals surface area contributed by atoms with Gasteiger partial charge in [0.2, 0.25) is 0 Å². The smallest absolute Gasteiger partial charge is 0.126 e. The molecule has 2 nitrogen and oxygen atoms in total. The van der Waals surface area contributed by atoms with Gasteiger partial charge in [0.15, 0.2) is 0 Å². The van der Waals surface area contributed by atoms with E-state index in [4.69, 9.17) is 10.5 Å². The van der Waals surface area contributed by atoms with Gasteiger partial charge in [0, 0.05) is 22.5 Å². The Hall–Kier alpha value is -1.39. The first-order valence-electron chi connectivity index (χ1n) is 6.10. The Morgan fingerprint density at radius 2 is 1.89 bits per heavy atom. The average Bonchev–Trinajstić information content (AvgIpc) is 2.38. The largest absolute Gasteiger partial charge is 0.485 e. The highest BCUT2D eigenvalue weighted by Gasteiger charge is 2.27. The van der Waals surface area contributed by atoms with Crippen molar-refractivity contribution in [2.45, 2.75) is 18.6 Å². The minimum absolute atomic E-state index is 0.0631. The summed E-state index contributed by atoms with van der Waals surface area (Å²) in [4.78, 5) is 0. The fourth-order valence-corrected chi connectivity index (χ4v) is 2.70.